The Hall–Kier alpha value is -2.78. The Kier molecular flexibility index (Phi) is 4.40. The first kappa shape index (κ1) is 15.7. The van der Waals surface area contributed by atoms with Gasteiger partial charge in [-0.2, -0.15) is 0 Å². The number of aromatic nitrogens is 1. The summed E-state index contributed by atoms with van der Waals surface area (Å²) in [7, 11) is 0. The van der Waals surface area contributed by atoms with Crippen molar-refractivity contribution in [3.63, 3.8) is 0 Å². The molecule has 4 rings (SSSR count). The van der Waals surface area contributed by atoms with E-state index >= 15 is 0 Å². The molecule has 2 aromatic carbocycles. The Balaban J connectivity index is 1.44. The summed E-state index contributed by atoms with van der Waals surface area (Å²) in [5, 5.41) is 14.5. The minimum atomic E-state index is 0.295. The molecule has 0 radical (unpaired) electrons. The molecular formula is C22H22N2O. The van der Waals surface area contributed by atoms with Gasteiger partial charge in [0, 0.05) is 24.2 Å². The Labute approximate surface area is 147 Å². The Morgan fingerprint density at radius 1 is 1.08 bits per heavy atom. The highest BCUT2D eigenvalue weighted by Gasteiger charge is 2.14. The van der Waals surface area contributed by atoms with Gasteiger partial charge in [-0.15, -0.1) is 0 Å². The molecule has 0 fully saturated rings. The number of rotatable bonds is 4. The van der Waals surface area contributed by atoms with Gasteiger partial charge in [0.15, 0.2) is 0 Å². The van der Waals surface area contributed by atoms with E-state index < -0.39 is 0 Å². The second-order valence-corrected chi connectivity index (χ2v) is 6.48. The number of aromatic hydroxyl groups is 1. The molecule has 2 heterocycles. The zero-order chi connectivity index (χ0) is 17.1. The summed E-state index contributed by atoms with van der Waals surface area (Å²) < 4.78 is 0. The minimum Gasteiger partial charge on any atom is -0.506 e. The predicted molar refractivity (Wildman–Crippen MR) is 104 cm³/mol. The van der Waals surface area contributed by atoms with E-state index in [0.717, 1.165) is 35.9 Å². The van der Waals surface area contributed by atoms with Crippen LogP contribution in [0.4, 0.5) is 0 Å². The molecule has 1 aliphatic heterocycles. The largest absolute Gasteiger partial charge is 0.506 e. The van der Waals surface area contributed by atoms with Crippen molar-refractivity contribution in [1.82, 2.24) is 10.3 Å². The average Bonchev–Trinajstić information content (AvgIpc) is 3.16. The number of hydrogen-bond donors (Lipinski definition) is 3. The first-order valence-electron chi connectivity index (χ1n) is 8.75. The second kappa shape index (κ2) is 6.99. The molecule has 0 amide bonds. The van der Waals surface area contributed by atoms with Crippen LogP contribution in [0.25, 0.3) is 22.6 Å². The molecule has 126 valence electrons. The van der Waals surface area contributed by atoms with E-state index in [1.807, 2.05) is 18.3 Å². The van der Waals surface area contributed by atoms with Crippen molar-refractivity contribution in [2.24, 2.45) is 0 Å². The lowest BCUT2D eigenvalue weighted by Gasteiger charge is -2.23. The normalized spacial score (nSPS) is 17.9. The molecule has 0 saturated heterocycles. The van der Waals surface area contributed by atoms with E-state index in [0.29, 0.717) is 11.8 Å². The zero-order valence-electron chi connectivity index (χ0n) is 14.1. The molecule has 1 atom stereocenters. The van der Waals surface area contributed by atoms with Gasteiger partial charge >= 0.3 is 0 Å². The third-order valence-electron chi connectivity index (χ3n) is 4.82. The molecule has 1 aliphatic rings. The molecule has 3 nitrogen and oxygen atoms in total. The fraction of sp³-hybridized carbons (Fsp3) is 0.182. The van der Waals surface area contributed by atoms with E-state index in [-0.39, 0.29) is 0 Å². The van der Waals surface area contributed by atoms with Gasteiger partial charge in [0.1, 0.15) is 5.75 Å². The molecule has 3 heteroatoms. The summed E-state index contributed by atoms with van der Waals surface area (Å²) in [6.45, 7) is 0.921. The Bertz CT molecular complexity index is 922. The van der Waals surface area contributed by atoms with Crippen LogP contribution >= 0.6 is 0 Å². The zero-order valence-corrected chi connectivity index (χ0v) is 14.1. The van der Waals surface area contributed by atoms with E-state index in [4.69, 9.17) is 0 Å². The topological polar surface area (TPSA) is 48.0 Å². The maximum absolute atomic E-state index is 9.88. The van der Waals surface area contributed by atoms with Gasteiger partial charge in [-0.1, -0.05) is 54.6 Å². The van der Waals surface area contributed by atoms with E-state index in [1.165, 1.54) is 11.1 Å². The molecule has 0 spiro atoms. The van der Waals surface area contributed by atoms with Crippen LogP contribution in [-0.2, 0) is 0 Å². The molecule has 25 heavy (non-hydrogen) atoms. The number of hydrogen-bond acceptors (Lipinski definition) is 2. The van der Waals surface area contributed by atoms with Crippen LogP contribution in [0.15, 0.2) is 66.9 Å². The number of fused-ring (bicyclic) bond motifs is 1. The van der Waals surface area contributed by atoms with E-state index in [2.05, 4.69) is 58.9 Å². The lowest BCUT2D eigenvalue weighted by atomic mass is 9.93. The van der Waals surface area contributed by atoms with Crippen LogP contribution in [0, 0.1) is 0 Å². The monoisotopic (exact) mass is 330 g/mol. The number of nitrogens with one attached hydrogen (secondary N) is 2. The van der Waals surface area contributed by atoms with Gasteiger partial charge < -0.3 is 15.4 Å². The molecule has 1 aromatic heterocycles. The number of aromatic amines is 1. The summed E-state index contributed by atoms with van der Waals surface area (Å²) in [6.07, 6.45) is 10.6. The summed E-state index contributed by atoms with van der Waals surface area (Å²) >= 11 is 0. The van der Waals surface area contributed by atoms with Crippen molar-refractivity contribution >= 4 is 22.6 Å². The van der Waals surface area contributed by atoms with Gasteiger partial charge in [0.2, 0.25) is 0 Å². The van der Waals surface area contributed by atoms with Gasteiger partial charge in [-0.3, -0.25) is 0 Å². The fourth-order valence-corrected chi connectivity index (χ4v) is 3.49. The molecule has 3 aromatic rings. The first-order valence-corrected chi connectivity index (χ1v) is 8.75. The summed E-state index contributed by atoms with van der Waals surface area (Å²) in [6, 6.07) is 16.8. The number of phenolic OH excluding ortho intramolecular Hbond substituents is 1. The number of phenols is 1. The van der Waals surface area contributed by atoms with Crippen LogP contribution in [0.3, 0.4) is 0 Å². The molecule has 1 unspecified atom stereocenters. The van der Waals surface area contributed by atoms with Crippen LogP contribution < -0.4 is 5.32 Å². The highest BCUT2D eigenvalue weighted by atomic mass is 16.3. The van der Waals surface area contributed by atoms with Crippen LogP contribution in [0.5, 0.6) is 5.75 Å². The van der Waals surface area contributed by atoms with Crippen LogP contribution in [0.1, 0.15) is 24.0 Å². The summed E-state index contributed by atoms with van der Waals surface area (Å²) in [5.41, 5.74) is 4.68. The number of H-pyrrole nitrogens is 1. The van der Waals surface area contributed by atoms with Gasteiger partial charge in [-0.25, -0.2) is 0 Å². The molecule has 3 N–H and O–H groups in total. The maximum Gasteiger partial charge on any atom is 0.139 e. The Morgan fingerprint density at radius 3 is 2.84 bits per heavy atom. The fourth-order valence-electron chi connectivity index (χ4n) is 3.49. The molecule has 0 saturated carbocycles. The van der Waals surface area contributed by atoms with Gasteiger partial charge in [0.25, 0.3) is 0 Å². The maximum atomic E-state index is 9.88. The summed E-state index contributed by atoms with van der Waals surface area (Å²) in [5.74, 6) is 0.295. The lowest BCUT2D eigenvalue weighted by Crippen LogP contribution is -2.32. The van der Waals surface area contributed by atoms with E-state index in [9.17, 15) is 5.11 Å². The van der Waals surface area contributed by atoms with Crippen LogP contribution in [-0.4, -0.2) is 22.7 Å². The minimum absolute atomic E-state index is 0.295. The average molecular weight is 330 g/mol. The molecule has 0 bridgehead atoms. The van der Waals surface area contributed by atoms with Crippen molar-refractivity contribution in [1.29, 1.82) is 0 Å². The van der Waals surface area contributed by atoms with Crippen molar-refractivity contribution in [2.45, 2.75) is 18.9 Å². The summed E-state index contributed by atoms with van der Waals surface area (Å²) in [4.78, 5) is 3.09. The highest BCUT2D eigenvalue weighted by Crippen LogP contribution is 2.28. The predicted octanol–water partition coefficient (Wildman–Crippen LogP) is 4.72. The lowest BCUT2D eigenvalue weighted by molar-refractivity contribution is 0.480. The second-order valence-electron chi connectivity index (χ2n) is 6.48. The number of benzene rings is 2. The molecular weight excluding hydrogens is 308 g/mol. The third kappa shape index (κ3) is 3.37. The standard InChI is InChI=1S/C22H22N2O/c25-21-10-9-17(20-12-14-24-22(20)21)7-4-8-19-15-18(11-13-23-19)16-5-2-1-3-6-16/h1-7,9-12,14,19,23-25H,8,13,15H2. The highest BCUT2D eigenvalue weighted by molar-refractivity contribution is 5.92. The van der Waals surface area contributed by atoms with Crippen molar-refractivity contribution in [2.75, 3.05) is 6.54 Å². The van der Waals surface area contributed by atoms with E-state index in [1.54, 1.807) is 6.07 Å². The van der Waals surface area contributed by atoms with Crippen molar-refractivity contribution in [3.8, 4) is 5.75 Å². The van der Waals surface area contributed by atoms with Crippen molar-refractivity contribution in [3.05, 3.63) is 78.0 Å². The van der Waals surface area contributed by atoms with Gasteiger partial charge in [-0.05, 0) is 41.7 Å². The SMILES string of the molecule is Oc1ccc(C=CCC2CC(c3ccccc3)=CCN2)c2cc[nH]c12. The van der Waals surface area contributed by atoms with Crippen molar-refractivity contribution < 1.29 is 5.11 Å². The van der Waals surface area contributed by atoms with Gasteiger partial charge in [0.05, 0.1) is 5.52 Å². The smallest absolute Gasteiger partial charge is 0.139 e. The first-order chi connectivity index (χ1) is 12.3. The molecule has 0 aliphatic carbocycles. The Morgan fingerprint density at radius 2 is 1.96 bits per heavy atom. The van der Waals surface area contributed by atoms with Crippen LogP contribution in [0.2, 0.25) is 0 Å². The quantitative estimate of drug-likeness (QED) is 0.648. The third-order valence-corrected chi connectivity index (χ3v) is 4.82.